The van der Waals surface area contributed by atoms with Gasteiger partial charge < -0.3 is 34.2 Å². The lowest BCUT2D eigenvalue weighted by Gasteiger charge is -2.12. The molecular weight excluding hydrogens is 523 g/mol. The lowest BCUT2D eigenvalue weighted by atomic mass is 10.2. The van der Waals surface area contributed by atoms with Crippen molar-refractivity contribution in [3.05, 3.63) is 48.0 Å². The predicted molar refractivity (Wildman–Crippen MR) is 138 cm³/mol. The number of fused-ring (bicyclic) bond motifs is 1. The Morgan fingerprint density at radius 2 is 1.91 bits per heavy atom. The summed E-state index contributed by atoms with van der Waals surface area (Å²) in [5.41, 5.74) is 2.16. The number of aliphatic imine (C=N–C) groups is 1. The highest BCUT2D eigenvalue weighted by Gasteiger charge is 2.09. The zero-order valence-corrected chi connectivity index (χ0v) is 21.2. The first-order valence-electron chi connectivity index (χ1n) is 10.5. The van der Waals surface area contributed by atoms with Crippen molar-refractivity contribution in [2.75, 3.05) is 47.6 Å². The van der Waals surface area contributed by atoms with Gasteiger partial charge in [-0.05, 0) is 31.0 Å². The van der Waals surface area contributed by atoms with E-state index >= 15 is 0 Å². The summed E-state index contributed by atoms with van der Waals surface area (Å²) >= 11 is 0. The van der Waals surface area contributed by atoms with Crippen molar-refractivity contribution in [1.29, 1.82) is 0 Å². The number of benzene rings is 1. The van der Waals surface area contributed by atoms with Gasteiger partial charge in [0.2, 0.25) is 0 Å². The third-order valence-electron chi connectivity index (χ3n) is 4.90. The van der Waals surface area contributed by atoms with E-state index in [4.69, 9.17) is 23.6 Å². The van der Waals surface area contributed by atoms with Gasteiger partial charge in [0.05, 0.1) is 32.6 Å². The van der Waals surface area contributed by atoms with Gasteiger partial charge in [0.25, 0.3) is 0 Å². The van der Waals surface area contributed by atoms with E-state index in [-0.39, 0.29) is 24.0 Å². The molecule has 1 aromatic carbocycles. The number of halogens is 1. The van der Waals surface area contributed by atoms with Crippen molar-refractivity contribution in [3.8, 4) is 11.5 Å². The van der Waals surface area contributed by atoms with Gasteiger partial charge in [-0.15, -0.1) is 24.0 Å². The molecule has 3 aromatic rings. The van der Waals surface area contributed by atoms with Crippen molar-refractivity contribution in [2.45, 2.75) is 19.3 Å². The summed E-state index contributed by atoms with van der Waals surface area (Å²) in [5, 5.41) is 7.70. The molecule has 0 saturated heterocycles. The van der Waals surface area contributed by atoms with Crippen molar-refractivity contribution in [3.63, 3.8) is 0 Å². The first-order chi connectivity index (χ1) is 15.2. The highest BCUT2D eigenvalue weighted by Crippen LogP contribution is 2.31. The van der Waals surface area contributed by atoms with Crippen LogP contribution in [0.25, 0.3) is 10.9 Å². The average Bonchev–Trinajstić information content (AvgIpc) is 3.45. The van der Waals surface area contributed by atoms with Gasteiger partial charge in [-0.1, -0.05) is 0 Å². The molecule has 0 bridgehead atoms. The third-order valence-corrected chi connectivity index (χ3v) is 4.90. The Bertz CT molecular complexity index is 956. The number of ether oxygens (including phenoxy) is 3. The van der Waals surface area contributed by atoms with Gasteiger partial charge >= 0.3 is 0 Å². The molecule has 3 N–H and O–H groups in total. The van der Waals surface area contributed by atoms with Crippen LogP contribution in [-0.2, 0) is 17.6 Å². The number of aromatic nitrogens is 1. The molecule has 0 aliphatic rings. The Balaban J connectivity index is 0.00000363. The summed E-state index contributed by atoms with van der Waals surface area (Å²) in [6.07, 6.45) is 4.30. The molecule has 0 spiro atoms. The maximum atomic E-state index is 5.50. The lowest BCUT2D eigenvalue weighted by molar-refractivity contribution is 0.203. The Kier molecular flexibility index (Phi) is 11.2. The van der Waals surface area contributed by atoms with E-state index in [9.17, 15) is 0 Å². The van der Waals surface area contributed by atoms with Crippen LogP contribution < -0.4 is 20.1 Å². The van der Waals surface area contributed by atoms with Crippen LogP contribution in [0, 0.1) is 0 Å². The lowest BCUT2D eigenvalue weighted by Crippen LogP contribution is -2.40. The number of nitrogens with zero attached hydrogens (tertiary/aromatic N) is 1. The summed E-state index contributed by atoms with van der Waals surface area (Å²) in [6, 6.07) is 9.90. The molecule has 0 saturated carbocycles. The molecule has 0 radical (unpaired) electrons. The second-order valence-electron chi connectivity index (χ2n) is 7.10. The number of aryl methyl sites for hydroxylation is 1. The number of nitrogens with one attached hydrogen (secondary N) is 3. The van der Waals surface area contributed by atoms with Crippen LogP contribution in [0.1, 0.15) is 17.9 Å². The van der Waals surface area contributed by atoms with Gasteiger partial charge in [0.1, 0.15) is 17.3 Å². The molecule has 2 heterocycles. The number of hydrogen-bond acceptors (Lipinski definition) is 5. The summed E-state index contributed by atoms with van der Waals surface area (Å²) < 4.78 is 21.3. The topological polar surface area (TPSA) is 93.0 Å². The van der Waals surface area contributed by atoms with Crippen LogP contribution in [0.3, 0.4) is 0 Å². The van der Waals surface area contributed by atoms with Crippen molar-refractivity contribution in [1.82, 2.24) is 15.6 Å². The van der Waals surface area contributed by atoms with E-state index in [1.165, 1.54) is 0 Å². The summed E-state index contributed by atoms with van der Waals surface area (Å²) in [6.45, 7) is 2.78. The third kappa shape index (κ3) is 7.63. The number of methoxy groups -OCH3 is 3. The molecule has 3 rings (SSSR count). The van der Waals surface area contributed by atoms with Crippen LogP contribution >= 0.6 is 24.0 Å². The highest BCUT2D eigenvalue weighted by molar-refractivity contribution is 14.0. The summed E-state index contributed by atoms with van der Waals surface area (Å²) in [4.78, 5) is 8.15. The van der Waals surface area contributed by atoms with Crippen LogP contribution in [0.4, 0.5) is 0 Å². The normalized spacial score (nSPS) is 11.3. The molecule has 32 heavy (non-hydrogen) atoms. The smallest absolute Gasteiger partial charge is 0.191 e. The second-order valence-corrected chi connectivity index (χ2v) is 7.10. The molecule has 0 aliphatic heterocycles. The van der Waals surface area contributed by atoms with Crippen LogP contribution in [0.15, 0.2) is 46.0 Å². The highest BCUT2D eigenvalue weighted by atomic mass is 127. The maximum Gasteiger partial charge on any atom is 0.191 e. The van der Waals surface area contributed by atoms with Gasteiger partial charge in [0, 0.05) is 56.4 Å². The van der Waals surface area contributed by atoms with Crippen molar-refractivity contribution < 1.29 is 18.6 Å². The first kappa shape index (κ1) is 25.9. The number of H-pyrrole nitrogens is 1. The Hall–Kier alpha value is -2.40. The summed E-state index contributed by atoms with van der Waals surface area (Å²) in [5.74, 6) is 3.32. The minimum Gasteiger partial charge on any atom is -0.497 e. The number of hydrogen-bond donors (Lipinski definition) is 3. The Labute approximate surface area is 206 Å². The fraction of sp³-hybridized carbons (Fsp3) is 0.435. The number of rotatable bonds is 12. The molecule has 176 valence electrons. The second kappa shape index (κ2) is 13.9. The SMILES string of the molecule is COCCNC(=NCCCc1cc2c(OC)cc(OC)cc2[nH]1)NCCc1ccco1.I. The minimum atomic E-state index is 0. The Morgan fingerprint density at radius 3 is 2.62 bits per heavy atom. The van der Waals surface area contributed by atoms with Crippen molar-refractivity contribution in [2.24, 2.45) is 4.99 Å². The van der Waals surface area contributed by atoms with Crippen molar-refractivity contribution >= 4 is 40.8 Å². The molecule has 9 heteroatoms. The number of guanidine groups is 1. The Morgan fingerprint density at radius 1 is 1.06 bits per heavy atom. The number of aromatic amines is 1. The average molecular weight is 556 g/mol. The molecule has 8 nitrogen and oxygen atoms in total. The molecule has 0 fully saturated rings. The van der Waals surface area contributed by atoms with E-state index in [1.807, 2.05) is 24.3 Å². The molecule has 0 unspecified atom stereocenters. The molecule has 0 amide bonds. The summed E-state index contributed by atoms with van der Waals surface area (Å²) in [7, 11) is 5.02. The van der Waals surface area contributed by atoms with Gasteiger partial charge in [-0.3, -0.25) is 4.99 Å². The zero-order valence-electron chi connectivity index (χ0n) is 18.9. The predicted octanol–water partition coefficient (Wildman–Crippen LogP) is 3.75. The quantitative estimate of drug-likeness (QED) is 0.136. The largest absolute Gasteiger partial charge is 0.497 e. The monoisotopic (exact) mass is 556 g/mol. The van der Waals surface area contributed by atoms with E-state index in [0.717, 1.165) is 65.6 Å². The van der Waals surface area contributed by atoms with E-state index < -0.39 is 0 Å². The van der Waals surface area contributed by atoms with Gasteiger partial charge in [0.15, 0.2) is 5.96 Å². The molecule has 2 aromatic heterocycles. The molecular formula is C23H33IN4O4. The van der Waals surface area contributed by atoms with Gasteiger partial charge in [-0.25, -0.2) is 0 Å². The van der Waals surface area contributed by atoms with E-state index in [0.29, 0.717) is 19.7 Å². The molecule has 0 aliphatic carbocycles. The van der Waals surface area contributed by atoms with Crippen LogP contribution in [-0.4, -0.2) is 58.5 Å². The van der Waals surface area contributed by atoms with Crippen LogP contribution in [0.2, 0.25) is 0 Å². The van der Waals surface area contributed by atoms with Gasteiger partial charge in [-0.2, -0.15) is 0 Å². The fourth-order valence-corrected chi connectivity index (χ4v) is 3.32. The van der Waals surface area contributed by atoms with E-state index in [1.54, 1.807) is 27.6 Å². The van der Waals surface area contributed by atoms with Crippen LogP contribution in [0.5, 0.6) is 11.5 Å². The molecule has 0 atom stereocenters. The first-order valence-corrected chi connectivity index (χ1v) is 10.5. The minimum absolute atomic E-state index is 0. The maximum absolute atomic E-state index is 5.50. The number of furan rings is 1. The standard InChI is InChI=1S/C23H32N4O4.HI/c1-28-13-11-26-23(25-10-8-18-7-5-12-31-18)24-9-4-6-17-14-20-21(27-17)15-19(29-2)16-22(20)30-3;/h5,7,12,14-16,27H,4,6,8-11,13H2,1-3H3,(H2,24,25,26);1H. The van der Waals surface area contributed by atoms with E-state index in [2.05, 4.69) is 21.7 Å². The fourth-order valence-electron chi connectivity index (χ4n) is 3.32. The zero-order chi connectivity index (χ0) is 21.9.